The van der Waals surface area contributed by atoms with Crippen molar-refractivity contribution < 1.29 is 9.59 Å². The third-order valence-corrected chi connectivity index (χ3v) is 6.95. The second-order valence-corrected chi connectivity index (χ2v) is 9.90. The second kappa shape index (κ2) is 11.5. The number of aryl methyl sites for hydroxylation is 1. The van der Waals surface area contributed by atoms with E-state index in [4.69, 9.17) is 23.2 Å². The van der Waals surface area contributed by atoms with Gasteiger partial charge in [0.25, 0.3) is 5.91 Å². The lowest BCUT2D eigenvalue weighted by Crippen LogP contribution is -2.19. The Morgan fingerprint density at radius 3 is 2.29 bits per heavy atom. The van der Waals surface area contributed by atoms with E-state index in [9.17, 15) is 9.59 Å². The van der Waals surface area contributed by atoms with Crippen LogP contribution in [0.2, 0.25) is 10.0 Å². The van der Waals surface area contributed by atoms with Crippen LogP contribution < -0.4 is 10.6 Å². The van der Waals surface area contributed by atoms with Gasteiger partial charge in [-0.25, -0.2) is 0 Å². The maximum absolute atomic E-state index is 13.4. The van der Waals surface area contributed by atoms with Gasteiger partial charge in [0.15, 0.2) is 0 Å². The molecule has 0 saturated heterocycles. The number of rotatable bonds is 7. The van der Waals surface area contributed by atoms with Crippen LogP contribution in [0.25, 0.3) is 0 Å². The van der Waals surface area contributed by atoms with E-state index in [1.807, 2.05) is 61.5 Å². The van der Waals surface area contributed by atoms with Gasteiger partial charge in [0.2, 0.25) is 5.91 Å². The van der Waals surface area contributed by atoms with Crippen molar-refractivity contribution in [2.24, 2.45) is 0 Å². The summed E-state index contributed by atoms with van der Waals surface area (Å²) in [5.74, 6) is -0.427. The smallest absolute Gasteiger partial charge is 0.255 e. The third-order valence-electron chi connectivity index (χ3n) is 5.23. The van der Waals surface area contributed by atoms with Crippen LogP contribution in [0.15, 0.2) is 102 Å². The van der Waals surface area contributed by atoms with Crippen LogP contribution in [0.5, 0.6) is 0 Å². The monoisotopic (exact) mass is 520 g/mol. The zero-order valence-corrected chi connectivity index (χ0v) is 21.1. The number of thioether (sulfide) groups is 1. The first-order valence-corrected chi connectivity index (χ1v) is 12.5. The Hall–Kier alpha value is -3.25. The summed E-state index contributed by atoms with van der Waals surface area (Å²) in [4.78, 5) is 26.9. The van der Waals surface area contributed by atoms with Gasteiger partial charge in [0.1, 0.15) is 5.25 Å². The van der Waals surface area contributed by atoms with E-state index in [0.717, 1.165) is 16.0 Å². The summed E-state index contributed by atoms with van der Waals surface area (Å²) in [5, 5.41) is 6.44. The summed E-state index contributed by atoms with van der Waals surface area (Å²) < 4.78 is 0. The van der Waals surface area contributed by atoms with Crippen molar-refractivity contribution in [1.29, 1.82) is 0 Å². The van der Waals surface area contributed by atoms with E-state index in [1.165, 1.54) is 11.8 Å². The fraction of sp³-hybridized carbons (Fsp3) is 0.0714. The van der Waals surface area contributed by atoms with Gasteiger partial charge in [0.05, 0.1) is 0 Å². The lowest BCUT2D eigenvalue weighted by atomic mass is 10.1. The molecule has 4 nitrogen and oxygen atoms in total. The molecule has 0 aromatic heterocycles. The first kappa shape index (κ1) is 24.9. The van der Waals surface area contributed by atoms with Crippen LogP contribution >= 0.6 is 35.0 Å². The number of carbonyl (C=O) groups is 2. The Bertz CT molecular complexity index is 1360. The highest BCUT2D eigenvalue weighted by molar-refractivity contribution is 8.00. The van der Waals surface area contributed by atoms with Crippen molar-refractivity contribution in [2.75, 3.05) is 10.6 Å². The minimum absolute atomic E-state index is 0.167. The van der Waals surface area contributed by atoms with Crippen molar-refractivity contribution >= 4 is 58.2 Å². The lowest BCUT2D eigenvalue weighted by molar-refractivity contribution is -0.115. The second-order valence-electron chi connectivity index (χ2n) is 7.85. The number of benzene rings is 4. The highest BCUT2D eigenvalue weighted by Gasteiger charge is 2.23. The molecule has 4 aromatic rings. The number of carbonyl (C=O) groups excluding carboxylic acids is 2. The molecule has 4 aromatic carbocycles. The first-order chi connectivity index (χ1) is 16.9. The molecule has 0 heterocycles. The molecule has 0 aliphatic heterocycles. The van der Waals surface area contributed by atoms with Gasteiger partial charge in [0, 0.05) is 31.9 Å². The summed E-state index contributed by atoms with van der Waals surface area (Å²) in [7, 11) is 0. The van der Waals surface area contributed by atoms with Gasteiger partial charge in [-0.2, -0.15) is 0 Å². The molecule has 2 N–H and O–H groups in total. The number of nitrogens with one attached hydrogen (secondary N) is 2. The number of anilines is 2. The highest BCUT2D eigenvalue weighted by Crippen LogP contribution is 2.37. The van der Waals surface area contributed by atoms with Crippen LogP contribution in [-0.4, -0.2) is 11.8 Å². The van der Waals surface area contributed by atoms with Crippen LogP contribution in [0.1, 0.15) is 26.7 Å². The van der Waals surface area contributed by atoms with Crippen molar-refractivity contribution in [3.8, 4) is 0 Å². The van der Waals surface area contributed by atoms with E-state index < -0.39 is 5.25 Å². The van der Waals surface area contributed by atoms with Gasteiger partial charge < -0.3 is 10.6 Å². The van der Waals surface area contributed by atoms with E-state index in [-0.39, 0.29) is 11.8 Å². The summed E-state index contributed by atoms with van der Waals surface area (Å²) in [5.41, 5.74) is 3.55. The topological polar surface area (TPSA) is 58.2 Å². The van der Waals surface area contributed by atoms with Crippen LogP contribution in [-0.2, 0) is 4.79 Å². The van der Waals surface area contributed by atoms with Gasteiger partial charge in [-0.1, -0.05) is 71.7 Å². The third kappa shape index (κ3) is 6.67. The van der Waals surface area contributed by atoms with Crippen molar-refractivity contribution in [1.82, 2.24) is 0 Å². The minimum Gasteiger partial charge on any atom is -0.325 e. The Balaban J connectivity index is 1.56. The molecule has 1 unspecified atom stereocenters. The van der Waals surface area contributed by atoms with Gasteiger partial charge >= 0.3 is 0 Å². The Labute approximate surface area is 218 Å². The maximum atomic E-state index is 13.4. The number of halogens is 2. The molecular formula is C28H22Cl2N2O2S. The molecule has 4 rings (SSSR count). The molecule has 0 spiro atoms. The largest absolute Gasteiger partial charge is 0.325 e. The molecule has 0 saturated carbocycles. The summed E-state index contributed by atoms with van der Waals surface area (Å²) in [6.07, 6.45) is 0. The molecule has 1 atom stereocenters. The number of amides is 2. The molecule has 2 amide bonds. The number of hydrogen-bond acceptors (Lipinski definition) is 3. The number of hydrogen-bond donors (Lipinski definition) is 2. The fourth-order valence-electron chi connectivity index (χ4n) is 3.44. The average molecular weight is 521 g/mol. The molecule has 0 radical (unpaired) electrons. The van der Waals surface area contributed by atoms with Crippen molar-refractivity contribution in [3.05, 3.63) is 124 Å². The summed E-state index contributed by atoms with van der Waals surface area (Å²) in [6, 6.07) is 29.1. The normalized spacial score (nSPS) is 11.5. The van der Waals surface area contributed by atoms with Crippen molar-refractivity contribution in [2.45, 2.75) is 17.1 Å². The van der Waals surface area contributed by atoms with Gasteiger partial charge in [-0.15, -0.1) is 11.8 Å². The zero-order valence-electron chi connectivity index (χ0n) is 18.8. The molecule has 0 bridgehead atoms. The van der Waals surface area contributed by atoms with Crippen LogP contribution in [0, 0.1) is 6.92 Å². The SMILES string of the molecule is Cc1ccc(Cl)cc1NC(=O)C(Sc1cccc(NC(=O)c2cccc(Cl)c2)c1)c1ccccc1. The van der Waals surface area contributed by atoms with E-state index >= 15 is 0 Å². The summed E-state index contributed by atoms with van der Waals surface area (Å²) in [6.45, 7) is 1.92. The standard InChI is InChI=1S/C28H22Cl2N2O2S/c1-18-13-14-22(30)16-25(18)32-28(34)26(19-7-3-2-4-8-19)35-24-12-6-11-23(17-24)31-27(33)20-9-5-10-21(29)15-20/h2-17,26H,1H3,(H,31,33)(H,32,34). The zero-order chi connectivity index (χ0) is 24.8. The molecule has 0 fully saturated rings. The van der Waals surface area contributed by atoms with E-state index in [0.29, 0.717) is 27.0 Å². The lowest BCUT2D eigenvalue weighted by Gasteiger charge is -2.18. The predicted molar refractivity (Wildman–Crippen MR) is 146 cm³/mol. The van der Waals surface area contributed by atoms with Gasteiger partial charge in [-0.05, 0) is 66.6 Å². The molecule has 35 heavy (non-hydrogen) atoms. The molecule has 0 aliphatic rings. The highest BCUT2D eigenvalue weighted by atomic mass is 35.5. The Kier molecular flexibility index (Phi) is 8.13. The van der Waals surface area contributed by atoms with Crippen molar-refractivity contribution in [3.63, 3.8) is 0 Å². The van der Waals surface area contributed by atoms with Gasteiger partial charge in [-0.3, -0.25) is 9.59 Å². The fourth-order valence-corrected chi connectivity index (χ4v) is 4.89. The quantitative estimate of drug-likeness (QED) is 0.242. The van der Waals surface area contributed by atoms with Crippen LogP contribution in [0.4, 0.5) is 11.4 Å². The Morgan fingerprint density at radius 1 is 0.771 bits per heavy atom. The molecule has 176 valence electrons. The maximum Gasteiger partial charge on any atom is 0.255 e. The molecule has 0 aliphatic carbocycles. The van der Waals surface area contributed by atoms with E-state index in [1.54, 1.807) is 42.5 Å². The molecular weight excluding hydrogens is 499 g/mol. The first-order valence-electron chi connectivity index (χ1n) is 10.8. The summed E-state index contributed by atoms with van der Waals surface area (Å²) >= 11 is 13.6. The Morgan fingerprint density at radius 2 is 1.51 bits per heavy atom. The average Bonchev–Trinajstić information content (AvgIpc) is 2.85. The minimum atomic E-state index is -0.520. The van der Waals surface area contributed by atoms with Crippen LogP contribution in [0.3, 0.4) is 0 Å². The van der Waals surface area contributed by atoms with E-state index in [2.05, 4.69) is 10.6 Å². The predicted octanol–water partition coefficient (Wildman–Crippen LogP) is 8.03. The molecule has 7 heteroatoms.